The summed E-state index contributed by atoms with van der Waals surface area (Å²) in [5, 5.41) is 3.84. The maximum absolute atomic E-state index is 12.4. The second-order valence-corrected chi connectivity index (χ2v) is 7.58. The van der Waals surface area contributed by atoms with E-state index in [4.69, 9.17) is 4.74 Å². The van der Waals surface area contributed by atoms with Crippen molar-refractivity contribution in [2.24, 2.45) is 5.10 Å². The highest BCUT2D eigenvalue weighted by atomic mass is 32.2. The molecular weight excluding hydrogens is 366 g/mol. The van der Waals surface area contributed by atoms with E-state index in [9.17, 15) is 13.2 Å². The average molecular weight is 387 g/mol. The van der Waals surface area contributed by atoms with Crippen LogP contribution in [0.3, 0.4) is 0 Å². The van der Waals surface area contributed by atoms with Crippen molar-refractivity contribution in [1.82, 2.24) is 9.73 Å². The quantitative estimate of drug-likeness (QED) is 0.405. The van der Waals surface area contributed by atoms with Crippen LogP contribution < -0.4 is 10.2 Å². The van der Waals surface area contributed by atoms with Crippen molar-refractivity contribution in [3.63, 3.8) is 0 Å². The summed E-state index contributed by atoms with van der Waals surface area (Å²) in [6, 6.07) is 15.0. The van der Waals surface area contributed by atoms with Gasteiger partial charge in [-0.05, 0) is 42.0 Å². The molecule has 2 aromatic carbocycles. The smallest absolute Gasteiger partial charge is 0.255 e. The largest absolute Gasteiger partial charge is 0.490 e. The van der Waals surface area contributed by atoms with Crippen molar-refractivity contribution in [3.05, 3.63) is 72.8 Å². The Morgan fingerprint density at radius 2 is 1.85 bits per heavy atom. The van der Waals surface area contributed by atoms with E-state index in [2.05, 4.69) is 17.1 Å². The molecule has 2 rings (SSSR count). The van der Waals surface area contributed by atoms with E-state index in [0.717, 1.165) is 9.87 Å². The maximum atomic E-state index is 12.4. The lowest BCUT2D eigenvalue weighted by Gasteiger charge is -2.15. The van der Waals surface area contributed by atoms with Crippen LogP contribution in [0.15, 0.2) is 77.2 Å². The summed E-state index contributed by atoms with van der Waals surface area (Å²) in [6.07, 6.45) is 3.11. The number of carbonyl (C=O) groups excluding carboxylic acids is 1. The summed E-state index contributed by atoms with van der Waals surface area (Å²) in [5.41, 5.74) is 3.07. The molecule has 1 amide bonds. The summed E-state index contributed by atoms with van der Waals surface area (Å²) >= 11 is 0. The Hall–Kier alpha value is -2.97. The number of hydrogen-bond acceptors (Lipinski definition) is 5. The topological polar surface area (TPSA) is 88.1 Å². The molecular formula is C19H21N3O4S. The van der Waals surface area contributed by atoms with Crippen LogP contribution in [0.2, 0.25) is 0 Å². The third kappa shape index (κ3) is 6.05. The minimum atomic E-state index is -3.72. The molecule has 0 heterocycles. The van der Waals surface area contributed by atoms with E-state index >= 15 is 0 Å². The number of carbonyl (C=O) groups is 1. The number of nitrogens with one attached hydrogen (secondary N) is 1. The molecule has 2 aromatic rings. The third-order valence-corrected chi connectivity index (χ3v) is 5.29. The van der Waals surface area contributed by atoms with E-state index in [-0.39, 0.29) is 11.4 Å². The molecule has 0 saturated heterocycles. The Morgan fingerprint density at radius 1 is 1.19 bits per heavy atom. The average Bonchev–Trinajstić information content (AvgIpc) is 2.68. The highest BCUT2D eigenvalue weighted by molar-refractivity contribution is 7.89. The fraction of sp³-hybridized carbons (Fsp3) is 0.158. The molecule has 0 aromatic heterocycles. The van der Waals surface area contributed by atoms with Crippen LogP contribution in [-0.4, -0.2) is 45.0 Å². The van der Waals surface area contributed by atoms with Crippen LogP contribution in [0.1, 0.15) is 5.56 Å². The number of likely N-dealkylation sites (N-methyl/N-ethyl adjacent to an activating group) is 1. The van der Waals surface area contributed by atoms with Crippen molar-refractivity contribution in [1.29, 1.82) is 0 Å². The van der Waals surface area contributed by atoms with Gasteiger partial charge in [-0.1, -0.05) is 30.9 Å². The molecule has 1 N–H and O–H groups in total. The predicted molar refractivity (Wildman–Crippen MR) is 104 cm³/mol. The SMILES string of the molecule is C=CCOc1ccc(/C=N\NC(=O)CN(C)S(=O)(=O)c2ccccc2)cc1. The molecule has 27 heavy (non-hydrogen) atoms. The molecule has 0 bridgehead atoms. The molecule has 0 radical (unpaired) electrons. The van der Waals surface area contributed by atoms with Gasteiger partial charge in [-0.3, -0.25) is 4.79 Å². The van der Waals surface area contributed by atoms with E-state index in [1.54, 1.807) is 48.5 Å². The minimum absolute atomic E-state index is 0.127. The van der Waals surface area contributed by atoms with Crippen LogP contribution in [0.25, 0.3) is 0 Å². The van der Waals surface area contributed by atoms with Gasteiger partial charge in [-0.15, -0.1) is 0 Å². The first kappa shape index (κ1) is 20.3. The van der Waals surface area contributed by atoms with Gasteiger partial charge in [0.05, 0.1) is 17.7 Å². The Balaban J connectivity index is 1.88. The Morgan fingerprint density at radius 3 is 2.48 bits per heavy atom. The first-order chi connectivity index (χ1) is 12.9. The lowest BCUT2D eigenvalue weighted by atomic mass is 10.2. The molecule has 0 unspecified atom stereocenters. The van der Waals surface area contributed by atoms with Crippen LogP contribution in [-0.2, 0) is 14.8 Å². The molecule has 0 saturated carbocycles. The highest BCUT2D eigenvalue weighted by Crippen LogP contribution is 2.13. The standard InChI is InChI=1S/C19H21N3O4S/c1-3-13-26-17-11-9-16(10-12-17)14-20-21-19(23)15-22(2)27(24,25)18-7-5-4-6-8-18/h3-12,14H,1,13,15H2,2H3,(H,21,23)/b20-14-. The van der Waals surface area contributed by atoms with E-state index in [1.165, 1.54) is 25.4 Å². The summed E-state index contributed by atoms with van der Waals surface area (Å²) < 4.78 is 31.1. The number of benzene rings is 2. The normalized spacial score (nSPS) is 11.5. The van der Waals surface area contributed by atoms with Gasteiger partial charge in [-0.2, -0.15) is 9.41 Å². The molecule has 8 heteroatoms. The number of amides is 1. The molecule has 0 aliphatic rings. The van der Waals surface area contributed by atoms with Gasteiger partial charge in [0.2, 0.25) is 10.0 Å². The van der Waals surface area contributed by atoms with Gasteiger partial charge in [-0.25, -0.2) is 13.8 Å². The zero-order chi connectivity index (χ0) is 19.7. The summed E-state index contributed by atoms with van der Waals surface area (Å²) in [7, 11) is -2.38. The lowest BCUT2D eigenvalue weighted by molar-refractivity contribution is -0.121. The number of ether oxygens (including phenoxy) is 1. The molecule has 0 atom stereocenters. The van der Waals surface area contributed by atoms with Crippen LogP contribution in [0, 0.1) is 0 Å². The summed E-state index contributed by atoms with van der Waals surface area (Å²) in [5.74, 6) is 0.156. The second kappa shape index (κ2) is 9.65. The summed E-state index contributed by atoms with van der Waals surface area (Å²) in [4.78, 5) is 12.1. The molecule has 7 nitrogen and oxygen atoms in total. The van der Waals surface area contributed by atoms with Gasteiger partial charge < -0.3 is 4.74 Å². The van der Waals surface area contributed by atoms with Crippen molar-refractivity contribution >= 4 is 22.1 Å². The Kier molecular flexibility index (Phi) is 7.27. The molecule has 142 valence electrons. The number of nitrogens with zero attached hydrogens (tertiary/aromatic N) is 2. The number of rotatable bonds is 9. The molecule has 0 fully saturated rings. The molecule has 0 aliphatic heterocycles. The van der Waals surface area contributed by atoms with Gasteiger partial charge in [0.1, 0.15) is 12.4 Å². The zero-order valence-corrected chi connectivity index (χ0v) is 15.7. The lowest BCUT2D eigenvalue weighted by Crippen LogP contribution is -2.36. The maximum Gasteiger partial charge on any atom is 0.255 e. The van der Waals surface area contributed by atoms with Crippen LogP contribution >= 0.6 is 0 Å². The van der Waals surface area contributed by atoms with E-state index in [1.807, 2.05) is 0 Å². The van der Waals surface area contributed by atoms with Crippen molar-refractivity contribution in [2.45, 2.75) is 4.90 Å². The predicted octanol–water partition coefficient (Wildman–Crippen LogP) is 2.02. The number of hydrazone groups is 1. The minimum Gasteiger partial charge on any atom is -0.490 e. The van der Waals surface area contributed by atoms with Crippen molar-refractivity contribution in [3.8, 4) is 5.75 Å². The van der Waals surface area contributed by atoms with Gasteiger partial charge >= 0.3 is 0 Å². The zero-order valence-electron chi connectivity index (χ0n) is 14.9. The van der Waals surface area contributed by atoms with Gasteiger partial charge in [0.15, 0.2) is 0 Å². The molecule has 0 aliphatic carbocycles. The van der Waals surface area contributed by atoms with Crippen molar-refractivity contribution in [2.75, 3.05) is 20.2 Å². The van der Waals surface area contributed by atoms with Crippen LogP contribution in [0.5, 0.6) is 5.75 Å². The van der Waals surface area contributed by atoms with E-state index in [0.29, 0.717) is 12.4 Å². The third-order valence-electron chi connectivity index (χ3n) is 3.47. The Labute approximate surface area is 159 Å². The van der Waals surface area contributed by atoms with Crippen LogP contribution in [0.4, 0.5) is 0 Å². The van der Waals surface area contributed by atoms with Gasteiger partial charge in [0.25, 0.3) is 5.91 Å². The highest BCUT2D eigenvalue weighted by Gasteiger charge is 2.22. The first-order valence-electron chi connectivity index (χ1n) is 8.10. The number of sulfonamides is 1. The monoisotopic (exact) mass is 387 g/mol. The second-order valence-electron chi connectivity index (χ2n) is 5.54. The van der Waals surface area contributed by atoms with Crippen molar-refractivity contribution < 1.29 is 17.9 Å². The molecule has 0 spiro atoms. The van der Waals surface area contributed by atoms with E-state index < -0.39 is 15.9 Å². The first-order valence-corrected chi connectivity index (χ1v) is 9.54. The fourth-order valence-corrected chi connectivity index (χ4v) is 3.23. The van der Waals surface area contributed by atoms with Gasteiger partial charge in [0, 0.05) is 7.05 Å². The Bertz CT molecular complexity index is 894. The number of hydrogen-bond donors (Lipinski definition) is 1. The summed E-state index contributed by atoms with van der Waals surface area (Å²) in [6.45, 7) is 3.65. The fourth-order valence-electron chi connectivity index (χ4n) is 2.08.